The summed E-state index contributed by atoms with van der Waals surface area (Å²) in [5.74, 6) is -1.56. The van der Waals surface area contributed by atoms with Crippen LogP contribution in [-0.2, 0) is 14.3 Å². The van der Waals surface area contributed by atoms with Gasteiger partial charge in [-0.05, 0) is 25.5 Å². The number of aryl methyl sites for hydroxylation is 2. The third kappa shape index (κ3) is 6.01. The molecule has 0 aliphatic carbocycles. The lowest BCUT2D eigenvalue weighted by Crippen LogP contribution is -2.29. The van der Waals surface area contributed by atoms with Crippen LogP contribution in [0.4, 0.5) is 0 Å². The minimum Gasteiger partial charge on any atom is -0.444 e. The van der Waals surface area contributed by atoms with Gasteiger partial charge in [0, 0.05) is 18.1 Å². The van der Waals surface area contributed by atoms with Crippen LogP contribution in [0, 0.1) is 13.8 Å². The molecule has 0 heterocycles. The van der Waals surface area contributed by atoms with Crippen molar-refractivity contribution in [1.82, 2.24) is 5.32 Å². The van der Waals surface area contributed by atoms with Crippen molar-refractivity contribution in [1.29, 1.82) is 0 Å². The Morgan fingerprint density at radius 1 is 0.812 bits per heavy atom. The number of nitrogens with one attached hydrogen (secondary N) is 1. The van der Waals surface area contributed by atoms with E-state index in [1.54, 1.807) is 36.4 Å². The SMILES string of the molecule is CC(=O)N/C(=C\c1ccccc1)C(=O)OC(C(=O)c1ccc(C)cc1)c1ccc(C)cc1. The first-order chi connectivity index (χ1) is 15.3. The smallest absolute Gasteiger partial charge is 0.355 e. The van der Waals surface area contributed by atoms with Gasteiger partial charge in [-0.2, -0.15) is 0 Å². The molecule has 1 atom stereocenters. The Kier molecular flexibility index (Phi) is 7.34. The van der Waals surface area contributed by atoms with Crippen LogP contribution < -0.4 is 5.32 Å². The second kappa shape index (κ2) is 10.4. The molecule has 0 fully saturated rings. The number of ketones is 1. The molecule has 5 nitrogen and oxygen atoms in total. The van der Waals surface area contributed by atoms with Crippen LogP contribution in [0.25, 0.3) is 6.08 Å². The number of rotatable bonds is 7. The predicted octanol–water partition coefficient (Wildman–Crippen LogP) is 4.95. The van der Waals surface area contributed by atoms with E-state index in [-0.39, 0.29) is 11.5 Å². The average molecular weight is 428 g/mol. The zero-order chi connectivity index (χ0) is 23.1. The van der Waals surface area contributed by atoms with Gasteiger partial charge in [0.1, 0.15) is 5.70 Å². The van der Waals surface area contributed by atoms with Gasteiger partial charge in [-0.1, -0.05) is 90.0 Å². The molecule has 0 bridgehead atoms. The third-order valence-corrected chi connectivity index (χ3v) is 4.82. The van der Waals surface area contributed by atoms with Crippen LogP contribution >= 0.6 is 0 Å². The molecular weight excluding hydrogens is 402 g/mol. The molecule has 0 spiro atoms. The first-order valence-electron chi connectivity index (χ1n) is 10.3. The van der Waals surface area contributed by atoms with E-state index in [2.05, 4.69) is 5.32 Å². The number of ether oxygens (including phenoxy) is 1. The first-order valence-corrected chi connectivity index (χ1v) is 10.3. The number of carbonyl (C=O) groups is 3. The lowest BCUT2D eigenvalue weighted by atomic mass is 9.98. The van der Waals surface area contributed by atoms with E-state index in [0.29, 0.717) is 16.7 Å². The highest BCUT2D eigenvalue weighted by atomic mass is 16.5. The minimum atomic E-state index is -1.15. The monoisotopic (exact) mass is 427 g/mol. The second-order valence-corrected chi connectivity index (χ2v) is 7.58. The predicted molar refractivity (Wildman–Crippen MR) is 124 cm³/mol. The summed E-state index contributed by atoms with van der Waals surface area (Å²) in [6, 6.07) is 23.4. The molecule has 0 aliphatic heterocycles. The Labute approximate surface area is 187 Å². The fourth-order valence-corrected chi connectivity index (χ4v) is 3.11. The maximum absolute atomic E-state index is 13.3. The number of Topliss-reactive ketones (excluding diaryl/α,β-unsaturated/α-hetero) is 1. The Bertz CT molecular complexity index is 1130. The fourth-order valence-electron chi connectivity index (χ4n) is 3.11. The highest BCUT2D eigenvalue weighted by molar-refractivity contribution is 6.03. The van der Waals surface area contributed by atoms with Crippen LogP contribution in [0.1, 0.15) is 45.6 Å². The van der Waals surface area contributed by atoms with E-state index >= 15 is 0 Å². The van der Waals surface area contributed by atoms with Crippen molar-refractivity contribution in [2.24, 2.45) is 0 Å². The maximum atomic E-state index is 13.3. The van der Waals surface area contributed by atoms with Crippen molar-refractivity contribution in [2.75, 3.05) is 0 Å². The van der Waals surface area contributed by atoms with E-state index in [0.717, 1.165) is 11.1 Å². The molecular formula is C27H25NO4. The molecule has 1 N–H and O–H groups in total. The molecule has 3 aromatic rings. The summed E-state index contributed by atoms with van der Waals surface area (Å²) in [4.78, 5) is 38.1. The van der Waals surface area contributed by atoms with Crippen molar-refractivity contribution in [3.05, 3.63) is 112 Å². The molecule has 3 rings (SSSR count). The van der Waals surface area contributed by atoms with Gasteiger partial charge in [0.05, 0.1) is 0 Å². The zero-order valence-corrected chi connectivity index (χ0v) is 18.3. The summed E-state index contributed by atoms with van der Waals surface area (Å²) in [5.41, 5.74) is 3.69. The van der Waals surface area contributed by atoms with E-state index in [9.17, 15) is 14.4 Å². The highest BCUT2D eigenvalue weighted by Gasteiger charge is 2.28. The van der Waals surface area contributed by atoms with Crippen molar-refractivity contribution in [2.45, 2.75) is 26.9 Å². The number of esters is 1. The van der Waals surface area contributed by atoms with Crippen LogP contribution in [0.2, 0.25) is 0 Å². The summed E-state index contributed by atoms with van der Waals surface area (Å²) in [6.07, 6.45) is 0.366. The minimum absolute atomic E-state index is 0.0440. The molecule has 0 radical (unpaired) electrons. The van der Waals surface area contributed by atoms with Crippen molar-refractivity contribution >= 4 is 23.7 Å². The van der Waals surface area contributed by atoms with Gasteiger partial charge in [-0.25, -0.2) is 4.79 Å². The lowest BCUT2D eigenvalue weighted by molar-refractivity contribution is -0.143. The maximum Gasteiger partial charge on any atom is 0.355 e. The molecule has 3 aromatic carbocycles. The quantitative estimate of drug-likeness (QED) is 0.329. The fraction of sp³-hybridized carbons (Fsp3) is 0.148. The van der Waals surface area contributed by atoms with E-state index in [4.69, 9.17) is 4.74 Å². The molecule has 0 saturated heterocycles. The number of amides is 1. The largest absolute Gasteiger partial charge is 0.444 e. The molecule has 0 aromatic heterocycles. The first kappa shape index (κ1) is 22.7. The standard InChI is InChI=1S/C27H25NO4/c1-18-9-13-22(14-10-18)25(30)26(23-15-11-19(2)12-16-23)32-27(31)24(28-20(3)29)17-21-7-5-4-6-8-21/h4-17,26H,1-3H3,(H,28,29)/b24-17-. The summed E-state index contributed by atoms with van der Waals surface area (Å²) >= 11 is 0. The van der Waals surface area contributed by atoms with Gasteiger partial charge >= 0.3 is 5.97 Å². The van der Waals surface area contributed by atoms with Gasteiger partial charge < -0.3 is 10.1 Å². The van der Waals surface area contributed by atoms with Crippen molar-refractivity contribution < 1.29 is 19.1 Å². The summed E-state index contributed by atoms with van der Waals surface area (Å²) in [7, 11) is 0. The normalized spacial score (nSPS) is 12.0. The third-order valence-electron chi connectivity index (χ3n) is 4.82. The molecule has 0 aliphatic rings. The van der Waals surface area contributed by atoms with E-state index in [1.165, 1.54) is 13.0 Å². The Morgan fingerprint density at radius 2 is 1.38 bits per heavy atom. The second-order valence-electron chi connectivity index (χ2n) is 7.58. The Hall–Kier alpha value is -3.99. The molecule has 162 valence electrons. The molecule has 0 saturated carbocycles. The van der Waals surface area contributed by atoms with E-state index < -0.39 is 18.0 Å². The number of hydrogen-bond acceptors (Lipinski definition) is 4. The van der Waals surface area contributed by atoms with Crippen LogP contribution in [0.3, 0.4) is 0 Å². The van der Waals surface area contributed by atoms with Crippen molar-refractivity contribution in [3.63, 3.8) is 0 Å². The summed E-state index contributed by atoms with van der Waals surface area (Å²) < 4.78 is 5.69. The number of carbonyl (C=O) groups excluding carboxylic acids is 3. The Balaban J connectivity index is 1.96. The molecule has 5 heteroatoms. The van der Waals surface area contributed by atoms with Crippen LogP contribution in [-0.4, -0.2) is 17.7 Å². The lowest BCUT2D eigenvalue weighted by Gasteiger charge is -2.19. The van der Waals surface area contributed by atoms with Gasteiger partial charge in [0.25, 0.3) is 0 Å². The molecule has 1 amide bonds. The Morgan fingerprint density at radius 3 is 1.94 bits per heavy atom. The molecule has 1 unspecified atom stereocenters. The van der Waals surface area contributed by atoms with Crippen LogP contribution in [0.5, 0.6) is 0 Å². The van der Waals surface area contributed by atoms with Crippen LogP contribution in [0.15, 0.2) is 84.6 Å². The van der Waals surface area contributed by atoms with Gasteiger partial charge in [-0.15, -0.1) is 0 Å². The summed E-state index contributed by atoms with van der Waals surface area (Å²) in [6.45, 7) is 5.17. The summed E-state index contributed by atoms with van der Waals surface area (Å²) in [5, 5.41) is 2.52. The molecule has 32 heavy (non-hydrogen) atoms. The van der Waals surface area contributed by atoms with Gasteiger partial charge in [0.2, 0.25) is 11.7 Å². The van der Waals surface area contributed by atoms with Crippen molar-refractivity contribution in [3.8, 4) is 0 Å². The van der Waals surface area contributed by atoms with Gasteiger partial charge in [0.15, 0.2) is 6.10 Å². The number of benzene rings is 3. The average Bonchev–Trinajstić information content (AvgIpc) is 2.78. The highest BCUT2D eigenvalue weighted by Crippen LogP contribution is 2.25. The topological polar surface area (TPSA) is 72.5 Å². The number of hydrogen-bond donors (Lipinski definition) is 1. The zero-order valence-electron chi connectivity index (χ0n) is 18.3. The van der Waals surface area contributed by atoms with Gasteiger partial charge in [-0.3, -0.25) is 9.59 Å². The van der Waals surface area contributed by atoms with E-state index in [1.807, 2.05) is 56.3 Å².